The molecule has 0 atom stereocenters. The fourth-order valence-corrected chi connectivity index (χ4v) is 3.40. The van der Waals surface area contributed by atoms with Crippen LogP contribution in [0.25, 0.3) is 16.6 Å². The third kappa shape index (κ3) is 3.34. The smallest absolute Gasteiger partial charge is 0.298 e. The molecule has 4 aromatic rings. The highest BCUT2D eigenvalue weighted by atomic mass is 79.9. The molecule has 0 aliphatic carbocycles. The molecule has 0 saturated heterocycles. The number of nitrogens with zero attached hydrogens (tertiary/aromatic N) is 1. The number of benzene rings is 2. The molecule has 1 amide bonds. The molecule has 0 bridgehead atoms. The third-order valence-electron chi connectivity index (χ3n) is 4.37. The van der Waals surface area contributed by atoms with E-state index in [2.05, 4.69) is 21.2 Å². The fourth-order valence-electron chi connectivity index (χ4n) is 3.07. The van der Waals surface area contributed by atoms with Crippen LogP contribution >= 0.6 is 15.9 Å². The summed E-state index contributed by atoms with van der Waals surface area (Å²) in [5.74, 6) is -2.27. The Morgan fingerprint density at radius 2 is 1.68 bits per heavy atom. The van der Waals surface area contributed by atoms with Crippen molar-refractivity contribution in [3.63, 3.8) is 0 Å². The van der Waals surface area contributed by atoms with Crippen molar-refractivity contribution in [2.45, 2.75) is 0 Å². The minimum atomic E-state index is -0.901. The Hall–Kier alpha value is -3.25. The lowest BCUT2D eigenvalue weighted by Gasteiger charge is -2.08. The van der Waals surface area contributed by atoms with Crippen molar-refractivity contribution < 1.29 is 14.0 Å². The Labute approximate surface area is 168 Å². The molecule has 0 spiro atoms. The van der Waals surface area contributed by atoms with Crippen molar-refractivity contribution in [2.75, 3.05) is 5.32 Å². The molecule has 2 heterocycles. The summed E-state index contributed by atoms with van der Waals surface area (Å²) in [7, 11) is 0. The Kier molecular flexibility index (Phi) is 4.79. The molecular weight excluding hydrogens is 423 g/mol. The number of halogens is 2. The molecule has 6 heteroatoms. The van der Waals surface area contributed by atoms with Gasteiger partial charge in [-0.15, -0.1) is 0 Å². The second-order valence-corrected chi connectivity index (χ2v) is 7.09. The lowest BCUT2D eigenvalue weighted by molar-refractivity contribution is -0.112. The molecule has 0 aliphatic heterocycles. The second-order valence-electron chi connectivity index (χ2n) is 6.18. The third-order valence-corrected chi connectivity index (χ3v) is 4.86. The van der Waals surface area contributed by atoms with E-state index in [1.165, 1.54) is 12.1 Å². The summed E-state index contributed by atoms with van der Waals surface area (Å²) in [6.45, 7) is 0. The largest absolute Gasteiger partial charge is 0.317 e. The van der Waals surface area contributed by atoms with Gasteiger partial charge in [-0.3, -0.25) is 9.59 Å². The standard InChI is InChI=1S/C22H14BrFN2O2/c23-15-9-10-19(18(24)12-15)25-22(28)21(27)20-17(14-6-2-1-3-7-14)13-16-8-4-5-11-26(16)20/h1-13H,(H,25,28). The lowest BCUT2D eigenvalue weighted by Crippen LogP contribution is -2.25. The van der Waals surface area contributed by atoms with Crippen molar-refractivity contribution in [1.29, 1.82) is 0 Å². The molecule has 28 heavy (non-hydrogen) atoms. The number of aromatic nitrogens is 1. The molecule has 0 unspecified atom stereocenters. The van der Waals surface area contributed by atoms with E-state index in [-0.39, 0.29) is 11.4 Å². The Balaban J connectivity index is 1.77. The number of carbonyl (C=O) groups excluding carboxylic acids is 2. The maximum Gasteiger partial charge on any atom is 0.298 e. The minimum absolute atomic E-state index is 0.0522. The van der Waals surface area contributed by atoms with Gasteiger partial charge in [-0.25, -0.2) is 4.39 Å². The summed E-state index contributed by atoms with van der Waals surface area (Å²) in [6, 6.07) is 20.9. The van der Waals surface area contributed by atoms with Gasteiger partial charge in [0.15, 0.2) is 0 Å². The van der Waals surface area contributed by atoms with Gasteiger partial charge in [0.1, 0.15) is 11.5 Å². The van der Waals surface area contributed by atoms with Crippen molar-refractivity contribution in [2.24, 2.45) is 0 Å². The molecule has 0 aliphatic rings. The number of hydrogen-bond donors (Lipinski definition) is 1. The van der Waals surface area contributed by atoms with Crippen LogP contribution in [0.15, 0.2) is 83.5 Å². The second kappa shape index (κ2) is 7.40. The van der Waals surface area contributed by atoms with Crippen molar-refractivity contribution in [3.8, 4) is 11.1 Å². The van der Waals surface area contributed by atoms with Gasteiger partial charge in [0.25, 0.3) is 11.7 Å². The predicted molar refractivity (Wildman–Crippen MR) is 110 cm³/mol. The van der Waals surface area contributed by atoms with Gasteiger partial charge in [-0.1, -0.05) is 52.3 Å². The number of nitrogens with one attached hydrogen (secondary N) is 1. The first-order chi connectivity index (χ1) is 13.5. The summed E-state index contributed by atoms with van der Waals surface area (Å²) < 4.78 is 16.3. The first kappa shape index (κ1) is 18.1. The zero-order valence-electron chi connectivity index (χ0n) is 14.5. The predicted octanol–water partition coefficient (Wildman–Crippen LogP) is 5.33. The molecule has 4 nitrogen and oxygen atoms in total. The van der Waals surface area contributed by atoms with E-state index >= 15 is 0 Å². The Morgan fingerprint density at radius 3 is 2.43 bits per heavy atom. The SMILES string of the molecule is O=C(Nc1ccc(Br)cc1F)C(=O)c1c(-c2ccccc2)cc2ccccn12. The van der Waals surface area contributed by atoms with Crippen molar-refractivity contribution >= 4 is 38.8 Å². The van der Waals surface area contributed by atoms with E-state index in [9.17, 15) is 14.0 Å². The lowest BCUT2D eigenvalue weighted by atomic mass is 10.0. The van der Waals surface area contributed by atoms with E-state index in [4.69, 9.17) is 0 Å². The Morgan fingerprint density at radius 1 is 0.929 bits per heavy atom. The van der Waals surface area contributed by atoms with Crippen LogP contribution in [0.4, 0.5) is 10.1 Å². The zero-order chi connectivity index (χ0) is 19.7. The van der Waals surface area contributed by atoms with Gasteiger partial charge in [0.05, 0.1) is 5.69 Å². The van der Waals surface area contributed by atoms with Gasteiger partial charge in [0, 0.05) is 21.7 Å². The summed E-state index contributed by atoms with van der Waals surface area (Å²) >= 11 is 3.16. The van der Waals surface area contributed by atoms with Gasteiger partial charge >= 0.3 is 0 Å². The molecule has 1 N–H and O–H groups in total. The number of carbonyl (C=O) groups is 2. The Bertz CT molecular complexity index is 1200. The monoisotopic (exact) mass is 436 g/mol. The molecule has 2 aromatic heterocycles. The number of fused-ring (bicyclic) bond motifs is 1. The van der Waals surface area contributed by atoms with Crippen molar-refractivity contribution in [3.05, 3.63) is 95.0 Å². The highest BCUT2D eigenvalue weighted by molar-refractivity contribution is 9.10. The molecule has 138 valence electrons. The number of hydrogen-bond acceptors (Lipinski definition) is 2. The number of anilines is 1. The topological polar surface area (TPSA) is 50.6 Å². The highest BCUT2D eigenvalue weighted by Crippen LogP contribution is 2.28. The van der Waals surface area contributed by atoms with Crippen LogP contribution in [0, 0.1) is 5.82 Å². The first-order valence-electron chi connectivity index (χ1n) is 8.51. The van der Waals surface area contributed by atoms with E-state index in [0.717, 1.165) is 11.1 Å². The number of pyridine rings is 1. The van der Waals surface area contributed by atoms with E-state index < -0.39 is 17.5 Å². The molecule has 0 fully saturated rings. The van der Waals surface area contributed by atoms with Crippen LogP contribution in [0.1, 0.15) is 10.5 Å². The van der Waals surface area contributed by atoms with Gasteiger partial charge in [-0.05, 0) is 42.0 Å². The zero-order valence-corrected chi connectivity index (χ0v) is 16.1. The molecule has 0 radical (unpaired) electrons. The maximum absolute atomic E-state index is 14.1. The van der Waals surface area contributed by atoms with E-state index in [1.54, 1.807) is 22.7 Å². The number of Topliss-reactive ketones (excluding diaryl/α,β-unsaturated/α-hetero) is 1. The quantitative estimate of drug-likeness (QED) is 0.347. The maximum atomic E-state index is 14.1. The molecule has 4 rings (SSSR count). The normalized spacial score (nSPS) is 10.8. The average molecular weight is 437 g/mol. The van der Waals surface area contributed by atoms with Gasteiger partial charge < -0.3 is 9.72 Å². The summed E-state index contributed by atoms with van der Waals surface area (Å²) in [5.41, 5.74) is 2.42. The van der Waals surface area contributed by atoms with Crippen LogP contribution in [-0.2, 0) is 4.79 Å². The first-order valence-corrected chi connectivity index (χ1v) is 9.30. The number of rotatable bonds is 4. The number of amides is 1. The molecule has 2 aromatic carbocycles. The molecular formula is C22H14BrFN2O2. The van der Waals surface area contributed by atoms with Crippen LogP contribution in [-0.4, -0.2) is 16.1 Å². The van der Waals surface area contributed by atoms with Crippen LogP contribution in [0.5, 0.6) is 0 Å². The summed E-state index contributed by atoms with van der Waals surface area (Å²) in [4.78, 5) is 25.7. The average Bonchev–Trinajstić information content (AvgIpc) is 3.09. The van der Waals surface area contributed by atoms with E-state index in [1.807, 2.05) is 48.5 Å². The van der Waals surface area contributed by atoms with Crippen molar-refractivity contribution in [1.82, 2.24) is 4.40 Å². The summed E-state index contributed by atoms with van der Waals surface area (Å²) in [6.07, 6.45) is 1.72. The van der Waals surface area contributed by atoms with Gasteiger partial charge in [-0.2, -0.15) is 0 Å². The van der Waals surface area contributed by atoms with E-state index in [0.29, 0.717) is 10.0 Å². The minimum Gasteiger partial charge on any atom is -0.317 e. The van der Waals surface area contributed by atoms with Gasteiger partial charge in [0.2, 0.25) is 0 Å². The highest BCUT2D eigenvalue weighted by Gasteiger charge is 2.25. The fraction of sp³-hybridized carbons (Fsp3) is 0. The molecule has 0 saturated carbocycles. The van der Waals surface area contributed by atoms with Crippen LogP contribution in [0.2, 0.25) is 0 Å². The van der Waals surface area contributed by atoms with Crippen LogP contribution < -0.4 is 5.32 Å². The summed E-state index contributed by atoms with van der Waals surface area (Å²) in [5, 5.41) is 2.37. The number of ketones is 1. The van der Waals surface area contributed by atoms with Crippen LogP contribution in [0.3, 0.4) is 0 Å².